The number of nitrogens with zero attached hydrogens (tertiary/aromatic N) is 1. The van der Waals surface area contributed by atoms with E-state index < -0.39 is 5.97 Å². The van der Waals surface area contributed by atoms with Crippen LogP contribution in [-0.2, 0) is 4.79 Å². The number of rotatable bonds is 15. The number of nitro groups is 1. The highest BCUT2D eigenvalue weighted by molar-refractivity contribution is 5.66. The largest absolute Gasteiger partial charge is 0.513 e. The number of hydrogen-bond acceptors (Lipinski definition) is 4. The molecule has 6 nitrogen and oxygen atoms in total. The van der Waals surface area contributed by atoms with Gasteiger partial charge < -0.3 is 10.2 Å². The summed E-state index contributed by atoms with van der Waals surface area (Å²) in [5.74, 6) is -0.472. The monoisotopic (exact) mass is 341 g/mol. The van der Waals surface area contributed by atoms with Crippen LogP contribution >= 0.6 is 0 Å². The molecule has 0 aromatic heterocycles. The number of unbranched alkanes of at least 4 members (excludes halogenated alkanes) is 6. The highest BCUT2D eigenvalue weighted by Gasteiger charge is 2.09. The maximum atomic E-state index is 11.0. The summed E-state index contributed by atoms with van der Waals surface area (Å²) in [5, 5.41) is 29.2. The van der Waals surface area contributed by atoms with Crippen molar-refractivity contribution in [2.24, 2.45) is 0 Å². The van der Waals surface area contributed by atoms with Crippen LogP contribution < -0.4 is 0 Å². The van der Waals surface area contributed by atoms with E-state index in [-0.39, 0.29) is 17.0 Å². The van der Waals surface area contributed by atoms with Crippen molar-refractivity contribution >= 4 is 5.97 Å². The molecule has 0 aliphatic heterocycles. The van der Waals surface area contributed by atoms with Gasteiger partial charge in [-0.3, -0.25) is 14.9 Å². The Labute approximate surface area is 144 Å². The van der Waals surface area contributed by atoms with Gasteiger partial charge in [-0.1, -0.05) is 39.0 Å². The molecule has 24 heavy (non-hydrogen) atoms. The molecule has 0 bridgehead atoms. The van der Waals surface area contributed by atoms with Crippen LogP contribution in [0, 0.1) is 10.1 Å². The lowest BCUT2D eigenvalue weighted by Gasteiger charge is -2.01. The van der Waals surface area contributed by atoms with Gasteiger partial charge in [-0.15, -0.1) is 0 Å². The molecule has 2 N–H and O–H groups in total. The van der Waals surface area contributed by atoms with Gasteiger partial charge >= 0.3 is 5.97 Å². The predicted octanol–water partition coefficient (Wildman–Crippen LogP) is 5.37. The van der Waals surface area contributed by atoms with Gasteiger partial charge in [0.25, 0.3) is 0 Å². The number of hydrogen-bond donors (Lipinski definition) is 2. The van der Waals surface area contributed by atoms with Gasteiger partial charge in [-0.2, -0.15) is 0 Å². The van der Waals surface area contributed by atoms with Crippen LogP contribution in [0.2, 0.25) is 0 Å². The zero-order valence-electron chi connectivity index (χ0n) is 14.7. The molecular weight excluding hydrogens is 310 g/mol. The standard InChI is InChI=1S/C18H31NO5/c1-2-3-7-13-17(20)14-10-12-16(19(23)24)11-8-5-4-6-9-15-18(21)22/h12,14,20H,2-11,13,15H2,1H3,(H,21,22)/b16-12+,17-14+. The first-order valence-electron chi connectivity index (χ1n) is 8.90. The Hall–Kier alpha value is -1.85. The molecule has 0 saturated heterocycles. The molecular formula is C18H31NO5. The van der Waals surface area contributed by atoms with Gasteiger partial charge in [0.1, 0.15) is 0 Å². The Morgan fingerprint density at radius 3 is 2.08 bits per heavy atom. The number of carbonyl (C=O) groups is 1. The fraction of sp³-hybridized carbons (Fsp3) is 0.722. The van der Waals surface area contributed by atoms with Gasteiger partial charge in [0.2, 0.25) is 5.70 Å². The van der Waals surface area contributed by atoms with E-state index in [1.165, 1.54) is 0 Å². The molecule has 0 saturated carbocycles. The number of aliphatic hydroxyl groups excluding tert-OH is 1. The molecule has 0 fully saturated rings. The quantitative estimate of drug-likeness (QED) is 0.180. The second-order valence-electron chi connectivity index (χ2n) is 6.00. The summed E-state index contributed by atoms with van der Waals surface area (Å²) in [7, 11) is 0. The van der Waals surface area contributed by atoms with Gasteiger partial charge in [-0.25, -0.2) is 0 Å². The van der Waals surface area contributed by atoms with E-state index in [9.17, 15) is 20.0 Å². The summed E-state index contributed by atoms with van der Waals surface area (Å²) in [5.41, 5.74) is 0.193. The second kappa shape index (κ2) is 14.7. The minimum absolute atomic E-state index is 0.189. The van der Waals surface area contributed by atoms with E-state index in [0.29, 0.717) is 31.4 Å². The molecule has 0 rings (SSSR count). The normalized spacial score (nSPS) is 12.4. The molecule has 0 unspecified atom stereocenters. The first kappa shape index (κ1) is 22.1. The van der Waals surface area contributed by atoms with Crippen molar-refractivity contribution in [3.8, 4) is 0 Å². The molecule has 0 aliphatic rings. The lowest BCUT2D eigenvalue weighted by Crippen LogP contribution is -1.99. The van der Waals surface area contributed by atoms with Crippen LogP contribution in [0.25, 0.3) is 0 Å². The summed E-state index contributed by atoms with van der Waals surface area (Å²) in [6, 6.07) is 0. The number of carboxylic acids is 1. The number of carboxylic acid groups (broad SMARTS) is 1. The molecule has 0 aromatic carbocycles. The fourth-order valence-electron chi connectivity index (χ4n) is 2.37. The van der Waals surface area contributed by atoms with E-state index in [1.807, 2.05) is 0 Å². The van der Waals surface area contributed by atoms with Crippen LogP contribution in [-0.4, -0.2) is 21.1 Å². The van der Waals surface area contributed by atoms with Gasteiger partial charge in [0.05, 0.1) is 10.7 Å². The number of allylic oxidation sites excluding steroid dienone is 4. The van der Waals surface area contributed by atoms with Crippen molar-refractivity contribution in [2.75, 3.05) is 0 Å². The third-order valence-corrected chi connectivity index (χ3v) is 3.80. The third-order valence-electron chi connectivity index (χ3n) is 3.80. The highest BCUT2D eigenvalue weighted by Crippen LogP contribution is 2.14. The minimum Gasteiger partial charge on any atom is -0.513 e. The van der Waals surface area contributed by atoms with E-state index in [1.54, 1.807) is 12.2 Å². The molecule has 0 aromatic rings. The van der Waals surface area contributed by atoms with Crippen LogP contribution in [0.1, 0.15) is 84.0 Å². The Kier molecular flexibility index (Phi) is 13.6. The zero-order valence-corrected chi connectivity index (χ0v) is 14.7. The van der Waals surface area contributed by atoms with Crippen molar-refractivity contribution in [3.05, 3.63) is 33.7 Å². The SMILES string of the molecule is CCCCC/C(O)=C\C/C=C(\CCCCCCCC(=O)O)[N+](=O)[O-]. The molecule has 0 atom stereocenters. The summed E-state index contributed by atoms with van der Waals surface area (Å²) >= 11 is 0. The smallest absolute Gasteiger partial charge is 0.303 e. The van der Waals surface area contributed by atoms with Crippen molar-refractivity contribution in [1.29, 1.82) is 0 Å². The maximum absolute atomic E-state index is 11.0. The lowest BCUT2D eigenvalue weighted by molar-refractivity contribution is -0.428. The molecule has 0 aliphatic carbocycles. The first-order chi connectivity index (χ1) is 11.5. The summed E-state index contributed by atoms with van der Waals surface area (Å²) in [6.07, 6.45) is 11.9. The van der Waals surface area contributed by atoms with Crippen LogP contribution in [0.3, 0.4) is 0 Å². The summed E-state index contributed by atoms with van der Waals surface area (Å²) < 4.78 is 0. The fourth-order valence-corrected chi connectivity index (χ4v) is 2.37. The molecule has 0 spiro atoms. The minimum atomic E-state index is -0.778. The van der Waals surface area contributed by atoms with Crippen LogP contribution in [0.4, 0.5) is 0 Å². The van der Waals surface area contributed by atoms with Gasteiger partial charge in [-0.05, 0) is 37.8 Å². The summed E-state index contributed by atoms with van der Waals surface area (Å²) in [4.78, 5) is 21.0. The molecule has 0 amide bonds. The van der Waals surface area contributed by atoms with Crippen LogP contribution in [0.15, 0.2) is 23.6 Å². The van der Waals surface area contributed by atoms with E-state index >= 15 is 0 Å². The molecule has 138 valence electrons. The van der Waals surface area contributed by atoms with Gasteiger partial charge in [0, 0.05) is 19.3 Å². The topological polar surface area (TPSA) is 101 Å². The zero-order chi connectivity index (χ0) is 18.2. The molecule has 0 heterocycles. The van der Waals surface area contributed by atoms with Gasteiger partial charge in [0.15, 0.2) is 0 Å². The average molecular weight is 341 g/mol. The Bertz CT molecular complexity index is 429. The average Bonchev–Trinajstić information content (AvgIpc) is 2.51. The summed E-state index contributed by atoms with van der Waals surface area (Å²) in [6.45, 7) is 2.10. The van der Waals surface area contributed by atoms with E-state index in [2.05, 4.69) is 6.92 Å². The Morgan fingerprint density at radius 2 is 1.50 bits per heavy atom. The van der Waals surface area contributed by atoms with Crippen molar-refractivity contribution in [3.63, 3.8) is 0 Å². The Morgan fingerprint density at radius 1 is 0.917 bits per heavy atom. The lowest BCUT2D eigenvalue weighted by atomic mass is 10.1. The van der Waals surface area contributed by atoms with Crippen LogP contribution in [0.5, 0.6) is 0 Å². The second-order valence-corrected chi connectivity index (χ2v) is 6.00. The van der Waals surface area contributed by atoms with E-state index in [0.717, 1.165) is 44.9 Å². The predicted molar refractivity (Wildman–Crippen MR) is 94.5 cm³/mol. The van der Waals surface area contributed by atoms with E-state index in [4.69, 9.17) is 5.11 Å². The highest BCUT2D eigenvalue weighted by atomic mass is 16.6. The van der Waals surface area contributed by atoms with Crippen molar-refractivity contribution < 1.29 is 19.9 Å². The molecule has 6 heteroatoms. The third kappa shape index (κ3) is 13.8. The molecule has 0 radical (unpaired) electrons. The number of aliphatic hydroxyl groups is 1. The van der Waals surface area contributed by atoms with Crippen molar-refractivity contribution in [2.45, 2.75) is 84.0 Å². The Balaban J connectivity index is 4.01. The first-order valence-corrected chi connectivity index (χ1v) is 8.90. The maximum Gasteiger partial charge on any atom is 0.303 e. The number of aliphatic carboxylic acids is 1. The van der Waals surface area contributed by atoms with Crippen molar-refractivity contribution in [1.82, 2.24) is 0 Å².